The number of rotatable bonds is 13. The van der Waals surface area contributed by atoms with E-state index in [2.05, 4.69) is 5.32 Å². The standard InChI is InChI=1S/C33H33FN4O6S/c1-24(2)35-33(40)31(21-25-9-5-3-6-10-25)36(22-26-13-15-27(34)16-14-26)32(39)23-37(28-17-19-29(20-18-28)38(41)42)45(43,44)30-11-7-4-8-12-30/h3-20,24,31H,21-23H2,1-2H3,(H,35,40). The molecule has 0 fully saturated rings. The van der Waals surface area contributed by atoms with Crippen molar-refractivity contribution >= 4 is 33.2 Å². The summed E-state index contributed by atoms with van der Waals surface area (Å²) in [6.45, 7) is 2.72. The zero-order valence-electron chi connectivity index (χ0n) is 24.7. The molecule has 2 amide bonds. The third-order valence-corrected chi connectivity index (χ3v) is 8.71. The van der Waals surface area contributed by atoms with E-state index in [1.165, 1.54) is 65.6 Å². The molecule has 0 bridgehead atoms. The van der Waals surface area contributed by atoms with E-state index < -0.39 is 45.2 Å². The molecule has 0 saturated heterocycles. The Balaban J connectivity index is 1.80. The van der Waals surface area contributed by atoms with Gasteiger partial charge in [-0.25, -0.2) is 12.8 Å². The van der Waals surface area contributed by atoms with Crippen molar-refractivity contribution in [2.45, 2.75) is 43.8 Å². The molecule has 0 aromatic heterocycles. The molecule has 10 nitrogen and oxygen atoms in total. The molecule has 0 saturated carbocycles. The molecule has 1 unspecified atom stereocenters. The summed E-state index contributed by atoms with van der Waals surface area (Å²) in [6.07, 6.45) is 0.120. The van der Waals surface area contributed by atoms with Crippen LogP contribution in [0.4, 0.5) is 15.8 Å². The van der Waals surface area contributed by atoms with Gasteiger partial charge in [0.15, 0.2) is 0 Å². The molecule has 0 heterocycles. The van der Waals surface area contributed by atoms with Crippen molar-refractivity contribution in [2.24, 2.45) is 0 Å². The van der Waals surface area contributed by atoms with E-state index in [1.54, 1.807) is 19.9 Å². The number of carbonyl (C=O) groups is 2. The van der Waals surface area contributed by atoms with Gasteiger partial charge in [-0.2, -0.15) is 0 Å². The molecule has 12 heteroatoms. The molecule has 234 valence electrons. The van der Waals surface area contributed by atoms with Crippen molar-refractivity contribution < 1.29 is 27.3 Å². The van der Waals surface area contributed by atoms with Gasteiger partial charge in [-0.15, -0.1) is 0 Å². The highest BCUT2D eigenvalue weighted by Gasteiger charge is 2.35. The minimum absolute atomic E-state index is 0.0192. The fraction of sp³-hybridized carbons (Fsp3) is 0.212. The first kappa shape index (κ1) is 32.8. The topological polar surface area (TPSA) is 130 Å². The predicted octanol–water partition coefficient (Wildman–Crippen LogP) is 5.09. The van der Waals surface area contributed by atoms with Gasteiger partial charge in [0.2, 0.25) is 11.8 Å². The van der Waals surface area contributed by atoms with Crippen LogP contribution in [0, 0.1) is 15.9 Å². The number of amides is 2. The van der Waals surface area contributed by atoms with Crippen LogP contribution in [0.2, 0.25) is 0 Å². The van der Waals surface area contributed by atoms with Gasteiger partial charge in [0.25, 0.3) is 15.7 Å². The van der Waals surface area contributed by atoms with Gasteiger partial charge >= 0.3 is 0 Å². The number of nitro benzene ring substituents is 1. The molecule has 1 atom stereocenters. The van der Waals surface area contributed by atoms with Gasteiger partial charge in [0.05, 0.1) is 15.5 Å². The second-order valence-electron chi connectivity index (χ2n) is 10.6. The molecule has 45 heavy (non-hydrogen) atoms. The lowest BCUT2D eigenvalue weighted by molar-refractivity contribution is -0.384. The van der Waals surface area contributed by atoms with Crippen LogP contribution in [0.15, 0.2) is 114 Å². The number of halogens is 1. The van der Waals surface area contributed by atoms with Crippen LogP contribution in [0.5, 0.6) is 0 Å². The van der Waals surface area contributed by atoms with Gasteiger partial charge in [-0.3, -0.25) is 24.0 Å². The monoisotopic (exact) mass is 632 g/mol. The Kier molecular flexibility index (Phi) is 10.6. The number of anilines is 1. The minimum Gasteiger partial charge on any atom is -0.352 e. The maximum Gasteiger partial charge on any atom is 0.269 e. The van der Waals surface area contributed by atoms with Gasteiger partial charge in [-0.05, 0) is 61.4 Å². The molecular weight excluding hydrogens is 599 g/mol. The quantitative estimate of drug-likeness (QED) is 0.161. The third-order valence-electron chi connectivity index (χ3n) is 6.93. The normalized spacial score (nSPS) is 11.9. The zero-order valence-corrected chi connectivity index (χ0v) is 25.6. The summed E-state index contributed by atoms with van der Waals surface area (Å²) in [4.78, 5) is 39.8. The Morgan fingerprint density at radius 2 is 1.42 bits per heavy atom. The smallest absolute Gasteiger partial charge is 0.269 e. The molecule has 4 aromatic carbocycles. The van der Waals surface area contributed by atoms with Crippen molar-refractivity contribution in [3.05, 3.63) is 136 Å². The first-order valence-corrected chi connectivity index (χ1v) is 15.6. The number of non-ortho nitro benzene ring substituents is 1. The second kappa shape index (κ2) is 14.6. The van der Waals surface area contributed by atoms with Crippen LogP contribution >= 0.6 is 0 Å². The Morgan fingerprint density at radius 1 is 0.844 bits per heavy atom. The summed E-state index contributed by atoms with van der Waals surface area (Å²) >= 11 is 0. The Bertz CT molecular complexity index is 1720. The Morgan fingerprint density at radius 3 is 1.98 bits per heavy atom. The van der Waals surface area contributed by atoms with Gasteiger partial charge in [0, 0.05) is 31.1 Å². The lowest BCUT2D eigenvalue weighted by atomic mass is 10.0. The molecule has 4 rings (SSSR count). The molecule has 1 N–H and O–H groups in total. The van der Waals surface area contributed by atoms with Crippen LogP contribution in [-0.4, -0.2) is 48.7 Å². The van der Waals surface area contributed by atoms with E-state index in [4.69, 9.17) is 0 Å². The summed E-state index contributed by atoms with van der Waals surface area (Å²) in [5.41, 5.74) is 1.05. The van der Waals surface area contributed by atoms with E-state index in [-0.39, 0.29) is 35.3 Å². The van der Waals surface area contributed by atoms with Crippen molar-refractivity contribution in [1.29, 1.82) is 0 Å². The van der Waals surface area contributed by atoms with E-state index >= 15 is 0 Å². The van der Waals surface area contributed by atoms with Gasteiger partial charge in [-0.1, -0.05) is 60.7 Å². The highest BCUT2D eigenvalue weighted by atomic mass is 32.2. The maximum atomic E-state index is 14.3. The number of hydrogen-bond donors (Lipinski definition) is 1. The maximum absolute atomic E-state index is 14.3. The number of nitrogens with one attached hydrogen (secondary N) is 1. The van der Waals surface area contributed by atoms with Crippen molar-refractivity contribution in [1.82, 2.24) is 10.2 Å². The van der Waals surface area contributed by atoms with Crippen LogP contribution in [0.3, 0.4) is 0 Å². The van der Waals surface area contributed by atoms with Crippen LogP contribution < -0.4 is 9.62 Å². The van der Waals surface area contributed by atoms with E-state index in [9.17, 15) is 32.5 Å². The highest BCUT2D eigenvalue weighted by Crippen LogP contribution is 2.27. The van der Waals surface area contributed by atoms with Gasteiger partial charge < -0.3 is 10.2 Å². The Hall–Kier alpha value is -5.10. The first-order chi connectivity index (χ1) is 21.5. The lowest BCUT2D eigenvalue weighted by Crippen LogP contribution is -2.54. The molecular formula is C33H33FN4O6S. The second-order valence-corrected chi connectivity index (χ2v) is 12.5. The van der Waals surface area contributed by atoms with Crippen molar-refractivity contribution in [2.75, 3.05) is 10.8 Å². The van der Waals surface area contributed by atoms with Crippen molar-refractivity contribution in [3.63, 3.8) is 0 Å². The number of nitrogens with zero attached hydrogens (tertiary/aromatic N) is 3. The summed E-state index contributed by atoms with van der Waals surface area (Å²) < 4.78 is 42.5. The summed E-state index contributed by atoms with van der Waals surface area (Å²) in [5.74, 6) is -1.64. The first-order valence-electron chi connectivity index (χ1n) is 14.2. The number of sulfonamides is 1. The van der Waals surface area contributed by atoms with Crippen LogP contribution in [0.25, 0.3) is 0 Å². The largest absolute Gasteiger partial charge is 0.352 e. The van der Waals surface area contributed by atoms with E-state index in [0.29, 0.717) is 5.56 Å². The van der Waals surface area contributed by atoms with Gasteiger partial charge in [0.1, 0.15) is 18.4 Å². The fourth-order valence-electron chi connectivity index (χ4n) is 4.71. The molecule has 4 aromatic rings. The molecule has 0 aliphatic rings. The predicted molar refractivity (Wildman–Crippen MR) is 168 cm³/mol. The number of hydrogen-bond acceptors (Lipinski definition) is 6. The van der Waals surface area contributed by atoms with E-state index in [0.717, 1.165) is 22.0 Å². The molecule has 0 aliphatic carbocycles. The average molecular weight is 633 g/mol. The lowest BCUT2D eigenvalue weighted by Gasteiger charge is -2.34. The molecule has 0 aliphatic heterocycles. The highest BCUT2D eigenvalue weighted by molar-refractivity contribution is 7.92. The fourth-order valence-corrected chi connectivity index (χ4v) is 6.15. The number of carbonyl (C=O) groups excluding carboxylic acids is 2. The van der Waals surface area contributed by atoms with E-state index in [1.807, 2.05) is 30.3 Å². The average Bonchev–Trinajstić information content (AvgIpc) is 3.03. The summed E-state index contributed by atoms with van der Waals surface area (Å²) in [6, 6.07) is 25.5. The third kappa shape index (κ3) is 8.51. The number of benzene rings is 4. The number of nitro groups is 1. The summed E-state index contributed by atoms with van der Waals surface area (Å²) in [5, 5.41) is 14.1. The van der Waals surface area contributed by atoms with Crippen molar-refractivity contribution in [3.8, 4) is 0 Å². The minimum atomic E-state index is -4.35. The Labute approximate surface area is 261 Å². The SMILES string of the molecule is CC(C)NC(=O)C(Cc1ccccc1)N(Cc1ccc(F)cc1)C(=O)CN(c1ccc([N+](=O)[O-])cc1)S(=O)(=O)c1ccccc1. The van der Waals surface area contributed by atoms with Crippen LogP contribution in [-0.2, 0) is 32.6 Å². The zero-order chi connectivity index (χ0) is 32.6. The summed E-state index contributed by atoms with van der Waals surface area (Å²) in [7, 11) is -4.35. The molecule has 0 spiro atoms. The molecule has 0 radical (unpaired) electrons. The van der Waals surface area contributed by atoms with Crippen LogP contribution in [0.1, 0.15) is 25.0 Å².